The summed E-state index contributed by atoms with van der Waals surface area (Å²) in [7, 11) is 0. The van der Waals surface area contributed by atoms with Gasteiger partial charge in [-0.15, -0.1) is 0 Å². The molecule has 3 heterocycles. The van der Waals surface area contributed by atoms with Crippen molar-refractivity contribution in [1.82, 2.24) is 25.7 Å². The van der Waals surface area contributed by atoms with E-state index in [4.69, 9.17) is 0 Å². The van der Waals surface area contributed by atoms with Crippen LogP contribution in [0.2, 0.25) is 0 Å². The maximum atomic E-state index is 4.47. The highest BCUT2D eigenvalue weighted by atomic mass is 15.4. The average Bonchev–Trinajstić information content (AvgIpc) is 3.17. The van der Waals surface area contributed by atoms with Crippen LogP contribution in [-0.2, 0) is 6.42 Å². The minimum atomic E-state index is 0.387. The number of benzene rings is 1. The zero-order valence-corrected chi connectivity index (χ0v) is 16.4. The zero-order chi connectivity index (χ0) is 18.6. The van der Waals surface area contributed by atoms with Crippen molar-refractivity contribution in [2.45, 2.75) is 26.3 Å². The van der Waals surface area contributed by atoms with Gasteiger partial charge in [0.25, 0.3) is 0 Å². The van der Waals surface area contributed by atoms with Gasteiger partial charge < -0.3 is 4.90 Å². The first-order chi connectivity index (χ1) is 13.2. The SMILES string of the molecule is CCc1cc(N2CCN(CC3CNNC3c3ccc(C)cc3)CC2)ncn1. The molecule has 2 atom stereocenters. The predicted molar refractivity (Wildman–Crippen MR) is 109 cm³/mol. The van der Waals surface area contributed by atoms with Gasteiger partial charge in [0.2, 0.25) is 0 Å². The quantitative estimate of drug-likeness (QED) is 0.843. The Kier molecular flexibility index (Phi) is 5.66. The Morgan fingerprint density at radius 2 is 1.85 bits per heavy atom. The van der Waals surface area contributed by atoms with Gasteiger partial charge in [-0.1, -0.05) is 36.8 Å². The van der Waals surface area contributed by atoms with E-state index in [1.807, 2.05) is 0 Å². The molecule has 144 valence electrons. The highest BCUT2D eigenvalue weighted by Crippen LogP contribution is 2.26. The molecule has 27 heavy (non-hydrogen) atoms. The molecule has 1 aromatic carbocycles. The topological polar surface area (TPSA) is 56.3 Å². The summed E-state index contributed by atoms with van der Waals surface area (Å²) in [6.07, 6.45) is 2.65. The predicted octanol–water partition coefficient (Wildman–Crippen LogP) is 1.93. The Balaban J connectivity index is 1.34. The lowest BCUT2D eigenvalue weighted by Gasteiger charge is -2.37. The number of nitrogens with one attached hydrogen (secondary N) is 2. The minimum absolute atomic E-state index is 0.387. The van der Waals surface area contributed by atoms with Crippen LogP contribution in [0, 0.1) is 12.8 Å². The fraction of sp³-hybridized carbons (Fsp3) is 0.524. The maximum Gasteiger partial charge on any atom is 0.132 e. The van der Waals surface area contributed by atoms with Crippen LogP contribution in [0.25, 0.3) is 0 Å². The molecule has 0 aliphatic carbocycles. The molecule has 0 amide bonds. The molecule has 4 rings (SSSR count). The molecule has 2 aliphatic heterocycles. The lowest BCUT2D eigenvalue weighted by Crippen LogP contribution is -2.48. The number of piperazine rings is 1. The summed E-state index contributed by atoms with van der Waals surface area (Å²) in [6.45, 7) is 10.7. The fourth-order valence-electron chi connectivity index (χ4n) is 4.08. The molecule has 2 fully saturated rings. The Bertz CT molecular complexity index is 739. The molecule has 1 aromatic heterocycles. The Labute approximate surface area is 162 Å². The second-order valence-corrected chi connectivity index (χ2v) is 7.68. The molecule has 0 radical (unpaired) electrons. The standard InChI is InChI=1S/C21H30N6/c1-3-19-12-20(23-15-22-19)27-10-8-26(9-11-27)14-18-13-24-25-21(18)17-6-4-16(2)5-7-17/h4-7,12,15,18,21,24-25H,3,8-11,13-14H2,1-2H3. The van der Waals surface area contributed by atoms with E-state index in [2.05, 4.69) is 74.8 Å². The Morgan fingerprint density at radius 1 is 1.07 bits per heavy atom. The van der Waals surface area contributed by atoms with Crippen LogP contribution in [-0.4, -0.2) is 54.1 Å². The summed E-state index contributed by atoms with van der Waals surface area (Å²) < 4.78 is 0. The third-order valence-corrected chi connectivity index (χ3v) is 5.79. The van der Waals surface area contributed by atoms with Gasteiger partial charge in [0.05, 0.1) is 6.04 Å². The van der Waals surface area contributed by atoms with Gasteiger partial charge in [0.1, 0.15) is 12.1 Å². The highest BCUT2D eigenvalue weighted by Gasteiger charge is 2.30. The first-order valence-electron chi connectivity index (χ1n) is 10.1. The van der Waals surface area contributed by atoms with Crippen LogP contribution in [0.1, 0.15) is 29.8 Å². The summed E-state index contributed by atoms with van der Waals surface area (Å²) in [4.78, 5) is 13.8. The van der Waals surface area contributed by atoms with Gasteiger partial charge in [-0.3, -0.25) is 10.3 Å². The van der Waals surface area contributed by atoms with Gasteiger partial charge in [0, 0.05) is 56.9 Å². The maximum absolute atomic E-state index is 4.47. The average molecular weight is 367 g/mol. The number of rotatable bonds is 5. The van der Waals surface area contributed by atoms with E-state index in [9.17, 15) is 0 Å². The molecular weight excluding hydrogens is 336 g/mol. The zero-order valence-electron chi connectivity index (χ0n) is 16.4. The van der Waals surface area contributed by atoms with E-state index in [1.54, 1.807) is 6.33 Å². The van der Waals surface area contributed by atoms with Crippen LogP contribution in [0.15, 0.2) is 36.7 Å². The molecule has 6 nitrogen and oxygen atoms in total. The van der Waals surface area contributed by atoms with Crippen molar-refractivity contribution in [1.29, 1.82) is 0 Å². The highest BCUT2D eigenvalue weighted by molar-refractivity contribution is 5.39. The van der Waals surface area contributed by atoms with Crippen molar-refractivity contribution in [2.24, 2.45) is 5.92 Å². The summed E-state index contributed by atoms with van der Waals surface area (Å²) >= 11 is 0. The van der Waals surface area contributed by atoms with Gasteiger partial charge in [-0.2, -0.15) is 0 Å². The second kappa shape index (κ2) is 8.33. The van der Waals surface area contributed by atoms with Crippen LogP contribution >= 0.6 is 0 Å². The van der Waals surface area contributed by atoms with Crippen molar-refractivity contribution in [3.8, 4) is 0 Å². The molecule has 0 bridgehead atoms. The summed E-state index contributed by atoms with van der Waals surface area (Å²) in [5, 5.41) is 0. The van der Waals surface area contributed by atoms with Crippen molar-refractivity contribution < 1.29 is 0 Å². The number of hydrogen-bond acceptors (Lipinski definition) is 6. The molecule has 2 aromatic rings. The van der Waals surface area contributed by atoms with E-state index in [0.29, 0.717) is 12.0 Å². The Morgan fingerprint density at radius 3 is 2.59 bits per heavy atom. The number of aryl methyl sites for hydroxylation is 2. The number of hydrazine groups is 1. The normalized spacial score (nSPS) is 23.7. The molecule has 0 spiro atoms. The lowest BCUT2D eigenvalue weighted by atomic mass is 9.93. The van der Waals surface area contributed by atoms with Gasteiger partial charge in [-0.25, -0.2) is 15.4 Å². The van der Waals surface area contributed by atoms with Crippen LogP contribution in [0.5, 0.6) is 0 Å². The number of nitrogens with zero attached hydrogens (tertiary/aromatic N) is 4. The largest absolute Gasteiger partial charge is 0.354 e. The molecule has 6 heteroatoms. The molecule has 2 unspecified atom stereocenters. The fourth-order valence-corrected chi connectivity index (χ4v) is 4.08. The summed E-state index contributed by atoms with van der Waals surface area (Å²) in [6, 6.07) is 11.4. The van der Waals surface area contributed by atoms with Crippen molar-refractivity contribution in [3.05, 3.63) is 53.5 Å². The van der Waals surface area contributed by atoms with Crippen molar-refractivity contribution in [2.75, 3.05) is 44.2 Å². The van der Waals surface area contributed by atoms with E-state index in [-0.39, 0.29) is 0 Å². The van der Waals surface area contributed by atoms with Crippen LogP contribution in [0.3, 0.4) is 0 Å². The Hall–Kier alpha value is -2.02. The van der Waals surface area contributed by atoms with E-state index in [0.717, 1.165) is 57.2 Å². The monoisotopic (exact) mass is 366 g/mol. The summed E-state index contributed by atoms with van der Waals surface area (Å²) in [5.74, 6) is 1.66. The molecule has 2 N–H and O–H groups in total. The molecule has 2 aliphatic rings. The molecule has 0 saturated carbocycles. The molecule has 2 saturated heterocycles. The lowest BCUT2D eigenvalue weighted by molar-refractivity contribution is 0.214. The number of aromatic nitrogens is 2. The van der Waals surface area contributed by atoms with E-state index < -0.39 is 0 Å². The second-order valence-electron chi connectivity index (χ2n) is 7.68. The number of hydrogen-bond donors (Lipinski definition) is 2. The number of anilines is 1. The van der Waals surface area contributed by atoms with Gasteiger partial charge >= 0.3 is 0 Å². The van der Waals surface area contributed by atoms with Crippen LogP contribution in [0.4, 0.5) is 5.82 Å². The van der Waals surface area contributed by atoms with Crippen molar-refractivity contribution in [3.63, 3.8) is 0 Å². The van der Waals surface area contributed by atoms with Crippen molar-refractivity contribution >= 4 is 5.82 Å². The smallest absolute Gasteiger partial charge is 0.132 e. The molecular formula is C21H30N6. The van der Waals surface area contributed by atoms with E-state index in [1.165, 1.54) is 11.1 Å². The first-order valence-corrected chi connectivity index (χ1v) is 10.1. The van der Waals surface area contributed by atoms with Crippen LogP contribution < -0.4 is 15.8 Å². The van der Waals surface area contributed by atoms with E-state index >= 15 is 0 Å². The summed E-state index contributed by atoms with van der Waals surface area (Å²) in [5.41, 5.74) is 10.7. The van der Waals surface area contributed by atoms with Gasteiger partial charge in [-0.05, 0) is 18.9 Å². The third-order valence-electron chi connectivity index (χ3n) is 5.79. The minimum Gasteiger partial charge on any atom is -0.354 e. The first kappa shape index (κ1) is 18.3. The van der Waals surface area contributed by atoms with Gasteiger partial charge in [0.15, 0.2) is 0 Å². The third kappa shape index (κ3) is 4.29.